The molecular formula is C22H21N3O3. The second-order valence-corrected chi connectivity index (χ2v) is 6.30. The SMILES string of the molecule is COC(=O)c1cccc(Nc2cc(C(=O)NCc3ccc(C)cc3)ccn2)c1. The van der Waals surface area contributed by atoms with Gasteiger partial charge < -0.3 is 15.4 Å². The molecule has 6 heteroatoms. The highest BCUT2D eigenvalue weighted by atomic mass is 16.5. The number of carbonyl (C=O) groups excluding carboxylic acids is 2. The third kappa shape index (κ3) is 4.94. The number of methoxy groups -OCH3 is 1. The first-order valence-electron chi connectivity index (χ1n) is 8.80. The van der Waals surface area contributed by atoms with Crippen LogP contribution in [0.3, 0.4) is 0 Å². The maximum Gasteiger partial charge on any atom is 0.337 e. The third-order valence-electron chi connectivity index (χ3n) is 4.15. The predicted octanol–water partition coefficient (Wildman–Crippen LogP) is 3.85. The Morgan fingerprint density at radius 2 is 1.79 bits per heavy atom. The van der Waals surface area contributed by atoms with Gasteiger partial charge in [-0.15, -0.1) is 0 Å². The Hall–Kier alpha value is -3.67. The fourth-order valence-corrected chi connectivity index (χ4v) is 2.62. The highest BCUT2D eigenvalue weighted by molar-refractivity contribution is 5.95. The molecule has 2 N–H and O–H groups in total. The quantitative estimate of drug-likeness (QED) is 0.640. The fourth-order valence-electron chi connectivity index (χ4n) is 2.62. The van der Waals surface area contributed by atoms with Gasteiger partial charge in [-0.05, 0) is 42.8 Å². The largest absolute Gasteiger partial charge is 0.465 e. The van der Waals surface area contributed by atoms with E-state index in [0.29, 0.717) is 29.2 Å². The molecule has 1 aromatic heterocycles. The minimum atomic E-state index is -0.416. The van der Waals surface area contributed by atoms with Crippen LogP contribution in [0.1, 0.15) is 31.8 Å². The van der Waals surface area contributed by atoms with E-state index in [-0.39, 0.29) is 5.91 Å². The zero-order valence-corrected chi connectivity index (χ0v) is 15.7. The van der Waals surface area contributed by atoms with Gasteiger partial charge >= 0.3 is 5.97 Å². The number of hydrogen-bond donors (Lipinski definition) is 2. The summed E-state index contributed by atoms with van der Waals surface area (Å²) in [6.07, 6.45) is 1.56. The van der Waals surface area contributed by atoms with Gasteiger partial charge in [0.05, 0.1) is 12.7 Å². The van der Waals surface area contributed by atoms with Gasteiger partial charge in [0.15, 0.2) is 0 Å². The number of benzene rings is 2. The van der Waals surface area contributed by atoms with Crippen molar-refractivity contribution in [2.24, 2.45) is 0 Å². The molecule has 0 radical (unpaired) electrons. The lowest BCUT2D eigenvalue weighted by Crippen LogP contribution is -2.22. The number of carbonyl (C=O) groups is 2. The van der Waals surface area contributed by atoms with Crippen LogP contribution in [0.4, 0.5) is 11.5 Å². The third-order valence-corrected chi connectivity index (χ3v) is 4.15. The first-order valence-corrected chi connectivity index (χ1v) is 8.80. The number of rotatable bonds is 6. The summed E-state index contributed by atoms with van der Waals surface area (Å²) in [7, 11) is 1.34. The summed E-state index contributed by atoms with van der Waals surface area (Å²) in [5, 5.41) is 6.00. The molecule has 3 rings (SSSR count). The lowest BCUT2D eigenvalue weighted by molar-refractivity contribution is 0.0600. The zero-order chi connectivity index (χ0) is 19.9. The predicted molar refractivity (Wildman–Crippen MR) is 108 cm³/mol. The molecule has 0 saturated heterocycles. The van der Waals surface area contributed by atoms with Gasteiger partial charge in [-0.1, -0.05) is 35.9 Å². The van der Waals surface area contributed by atoms with E-state index in [1.807, 2.05) is 31.2 Å². The lowest BCUT2D eigenvalue weighted by Gasteiger charge is -2.09. The highest BCUT2D eigenvalue weighted by Crippen LogP contribution is 2.17. The number of anilines is 2. The van der Waals surface area contributed by atoms with Gasteiger partial charge in [-0.3, -0.25) is 4.79 Å². The summed E-state index contributed by atoms with van der Waals surface area (Å²) in [4.78, 5) is 28.3. The number of nitrogens with zero attached hydrogens (tertiary/aromatic N) is 1. The van der Waals surface area contributed by atoms with Gasteiger partial charge in [0.25, 0.3) is 5.91 Å². The molecule has 0 aliphatic heterocycles. The summed E-state index contributed by atoms with van der Waals surface area (Å²) in [5.74, 6) is -0.0971. The lowest BCUT2D eigenvalue weighted by atomic mass is 10.1. The average molecular weight is 375 g/mol. The fraction of sp³-hybridized carbons (Fsp3) is 0.136. The Kier molecular flexibility index (Phi) is 6.01. The van der Waals surface area contributed by atoms with Crippen molar-refractivity contribution in [3.05, 3.63) is 89.1 Å². The molecule has 0 spiro atoms. The van der Waals surface area contributed by atoms with E-state index in [9.17, 15) is 9.59 Å². The molecular weight excluding hydrogens is 354 g/mol. The number of aryl methyl sites for hydroxylation is 1. The van der Waals surface area contributed by atoms with Gasteiger partial charge in [-0.2, -0.15) is 0 Å². The Labute approximate surface area is 163 Å². The smallest absolute Gasteiger partial charge is 0.337 e. The van der Waals surface area contributed by atoms with Gasteiger partial charge in [0, 0.05) is 24.0 Å². The second-order valence-electron chi connectivity index (χ2n) is 6.30. The van der Waals surface area contributed by atoms with E-state index in [2.05, 4.69) is 15.6 Å². The first kappa shape index (κ1) is 19.1. The summed E-state index contributed by atoms with van der Waals surface area (Å²) in [5.41, 5.74) is 3.81. The number of aromatic nitrogens is 1. The van der Waals surface area contributed by atoms with Crippen LogP contribution in [-0.2, 0) is 11.3 Å². The summed E-state index contributed by atoms with van der Waals surface area (Å²) < 4.78 is 4.73. The van der Waals surface area contributed by atoms with Crippen molar-refractivity contribution in [3.8, 4) is 0 Å². The Bertz CT molecular complexity index is 984. The summed E-state index contributed by atoms with van der Waals surface area (Å²) in [6.45, 7) is 2.47. The van der Waals surface area contributed by atoms with Crippen LogP contribution in [-0.4, -0.2) is 24.0 Å². The zero-order valence-electron chi connectivity index (χ0n) is 15.7. The standard InChI is InChI=1S/C22H21N3O3/c1-15-6-8-16(9-7-15)14-24-21(26)17-10-11-23-20(13-17)25-19-5-3-4-18(12-19)22(27)28-2/h3-13H,14H2,1-2H3,(H,23,25)(H,24,26). The van der Waals surface area contributed by atoms with Crippen LogP contribution in [0.15, 0.2) is 66.9 Å². The van der Waals surface area contributed by atoms with Gasteiger partial charge in [0.2, 0.25) is 0 Å². The topological polar surface area (TPSA) is 80.3 Å². The second kappa shape index (κ2) is 8.81. The molecule has 28 heavy (non-hydrogen) atoms. The van der Waals surface area contributed by atoms with Gasteiger partial charge in [-0.25, -0.2) is 9.78 Å². The van der Waals surface area contributed by atoms with Gasteiger partial charge in [0.1, 0.15) is 5.82 Å². The van der Waals surface area contributed by atoms with Crippen molar-refractivity contribution >= 4 is 23.4 Å². The molecule has 0 aliphatic carbocycles. The van der Waals surface area contributed by atoms with Crippen molar-refractivity contribution in [1.82, 2.24) is 10.3 Å². The molecule has 6 nitrogen and oxygen atoms in total. The Morgan fingerprint density at radius 3 is 2.54 bits per heavy atom. The number of hydrogen-bond acceptors (Lipinski definition) is 5. The number of amides is 1. The number of ether oxygens (including phenoxy) is 1. The number of esters is 1. The van der Waals surface area contributed by atoms with Crippen LogP contribution in [0.25, 0.3) is 0 Å². The van der Waals surface area contributed by atoms with Crippen LogP contribution in [0.5, 0.6) is 0 Å². The molecule has 3 aromatic rings. The molecule has 0 bridgehead atoms. The Balaban J connectivity index is 1.67. The van der Waals surface area contributed by atoms with E-state index >= 15 is 0 Å². The molecule has 0 atom stereocenters. The monoisotopic (exact) mass is 375 g/mol. The van der Waals surface area contributed by atoms with Crippen molar-refractivity contribution in [3.63, 3.8) is 0 Å². The maximum absolute atomic E-state index is 12.4. The molecule has 0 aliphatic rings. The van der Waals surface area contributed by atoms with Crippen molar-refractivity contribution in [2.45, 2.75) is 13.5 Å². The maximum atomic E-state index is 12.4. The first-order chi connectivity index (χ1) is 13.5. The number of pyridine rings is 1. The van der Waals surface area contributed by atoms with Crippen LogP contribution < -0.4 is 10.6 Å². The van der Waals surface area contributed by atoms with Crippen LogP contribution in [0.2, 0.25) is 0 Å². The molecule has 1 amide bonds. The average Bonchev–Trinajstić information content (AvgIpc) is 2.73. The summed E-state index contributed by atoms with van der Waals surface area (Å²) in [6, 6.07) is 18.2. The molecule has 2 aromatic carbocycles. The van der Waals surface area contributed by atoms with Crippen molar-refractivity contribution < 1.29 is 14.3 Å². The van der Waals surface area contributed by atoms with Crippen molar-refractivity contribution in [1.29, 1.82) is 0 Å². The minimum Gasteiger partial charge on any atom is -0.465 e. The normalized spacial score (nSPS) is 10.2. The molecule has 142 valence electrons. The Morgan fingerprint density at radius 1 is 1.00 bits per heavy atom. The minimum absolute atomic E-state index is 0.186. The summed E-state index contributed by atoms with van der Waals surface area (Å²) >= 11 is 0. The van der Waals surface area contributed by atoms with Crippen LogP contribution >= 0.6 is 0 Å². The van der Waals surface area contributed by atoms with E-state index in [0.717, 1.165) is 5.56 Å². The molecule has 0 unspecified atom stereocenters. The highest BCUT2D eigenvalue weighted by Gasteiger charge is 2.09. The van der Waals surface area contributed by atoms with E-state index in [1.54, 1.807) is 42.6 Å². The van der Waals surface area contributed by atoms with Crippen LogP contribution in [0, 0.1) is 6.92 Å². The number of nitrogens with one attached hydrogen (secondary N) is 2. The molecule has 0 saturated carbocycles. The van der Waals surface area contributed by atoms with Crippen molar-refractivity contribution in [2.75, 3.05) is 12.4 Å². The van der Waals surface area contributed by atoms with E-state index in [1.165, 1.54) is 12.7 Å². The van der Waals surface area contributed by atoms with E-state index in [4.69, 9.17) is 4.74 Å². The van der Waals surface area contributed by atoms with E-state index < -0.39 is 5.97 Å². The molecule has 1 heterocycles. The molecule has 0 fully saturated rings.